The average Bonchev–Trinajstić information content (AvgIpc) is 2.73. The maximum absolute atomic E-state index is 12.3. The highest BCUT2D eigenvalue weighted by atomic mass is 32.2. The van der Waals surface area contributed by atoms with E-state index >= 15 is 0 Å². The first kappa shape index (κ1) is 21.8. The lowest BCUT2D eigenvalue weighted by atomic mass is 9.90. The van der Waals surface area contributed by atoms with Gasteiger partial charge in [-0.3, -0.25) is 9.79 Å². The van der Waals surface area contributed by atoms with Crippen LogP contribution >= 0.6 is 0 Å². The van der Waals surface area contributed by atoms with Crippen LogP contribution < -0.4 is 16.0 Å². The van der Waals surface area contributed by atoms with E-state index in [1.807, 2.05) is 54.6 Å². The second kappa shape index (κ2) is 10.2. The van der Waals surface area contributed by atoms with Gasteiger partial charge < -0.3 is 16.0 Å². The molecule has 160 valence electrons. The average molecular weight is 429 g/mol. The molecular weight excluding hydrogens is 400 g/mol. The molecular formula is C22H28N4O3S. The first-order valence-corrected chi connectivity index (χ1v) is 11.9. The lowest BCUT2D eigenvalue weighted by molar-refractivity contribution is -0.116. The second-order valence-corrected chi connectivity index (χ2v) is 9.53. The number of rotatable bonds is 8. The number of fused-ring (bicyclic) bond motifs is 1. The summed E-state index contributed by atoms with van der Waals surface area (Å²) in [5.41, 5.74) is 2.76. The maximum atomic E-state index is 12.3. The molecule has 0 spiro atoms. The molecule has 1 heterocycles. The Kier molecular flexibility index (Phi) is 7.46. The number of carbonyl (C=O) groups is 1. The first-order chi connectivity index (χ1) is 14.5. The van der Waals surface area contributed by atoms with Crippen LogP contribution in [-0.2, 0) is 20.4 Å². The van der Waals surface area contributed by atoms with Crippen molar-refractivity contribution in [3.05, 3.63) is 65.7 Å². The van der Waals surface area contributed by atoms with Crippen molar-refractivity contribution in [1.82, 2.24) is 10.6 Å². The Morgan fingerprint density at radius 2 is 1.83 bits per heavy atom. The predicted octanol–water partition coefficient (Wildman–Crippen LogP) is 2.28. The van der Waals surface area contributed by atoms with Crippen LogP contribution in [0.2, 0.25) is 0 Å². The summed E-state index contributed by atoms with van der Waals surface area (Å²) in [6.45, 7) is 1.06. The molecule has 2 aromatic rings. The molecule has 1 aliphatic heterocycles. The summed E-state index contributed by atoms with van der Waals surface area (Å²) >= 11 is 0. The number of carbonyl (C=O) groups excluding carboxylic acids is 1. The molecule has 1 amide bonds. The lowest BCUT2D eigenvalue weighted by Crippen LogP contribution is -2.41. The monoisotopic (exact) mass is 428 g/mol. The van der Waals surface area contributed by atoms with Crippen molar-refractivity contribution in [2.45, 2.75) is 24.5 Å². The molecule has 0 saturated carbocycles. The highest BCUT2D eigenvalue weighted by Crippen LogP contribution is 2.31. The zero-order valence-corrected chi connectivity index (χ0v) is 17.9. The van der Waals surface area contributed by atoms with Gasteiger partial charge in [0.05, 0.1) is 11.5 Å². The number of amides is 1. The molecule has 3 rings (SSSR count). The Balaban J connectivity index is 1.44. The highest BCUT2D eigenvalue weighted by molar-refractivity contribution is 7.90. The molecule has 8 heteroatoms. The van der Waals surface area contributed by atoms with E-state index in [2.05, 4.69) is 20.9 Å². The van der Waals surface area contributed by atoms with Gasteiger partial charge in [0, 0.05) is 38.2 Å². The molecule has 7 nitrogen and oxygen atoms in total. The van der Waals surface area contributed by atoms with Crippen LogP contribution in [0.15, 0.2) is 59.6 Å². The van der Waals surface area contributed by atoms with Gasteiger partial charge in [-0.15, -0.1) is 0 Å². The molecule has 2 aromatic carbocycles. The summed E-state index contributed by atoms with van der Waals surface area (Å²) < 4.78 is 24.6. The zero-order chi connectivity index (χ0) is 21.4. The van der Waals surface area contributed by atoms with Gasteiger partial charge in [0.15, 0.2) is 15.8 Å². The SMILES string of the molecule is CN=C(NCCCS(=O)(=O)Cc1ccccc1)NCC1CC(=O)Nc2ccccc21. The van der Waals surface area contributed by atoms with Gasteiger partial charge in [0.2, 0.25) is 5.91 Å². The Morgan fingerprint density at radius 3 is 2.60 bits per heavy atom. The van der Waals surface area contributed by atoms with E-state index in [-0.39, 0.29) is 23.3 Å². The van der Waals surface area contributed by atoms with Gasteiger partial charge in [-0.1, -0.05) is 48.5 Å². The summed E-state index contributed by atoms with van der Waals surface area (Å²) in [7, 11) is -1.48. The zero-order valence-electron chi connectivity index (χ0n) is 17.1. The number of hydrogen-bond donors (Lipinski definition) is 3. The summed E-state index contributed by atoms with van der Waals surface area (Å²) in [4.78, 5) is 16.1. The topological polar surface area (TPSA) is 99.7 Å². The number of para-hydroxylation sites is 1. The molecule has 0 aromatic heterocycles. The Morgan fingerprint density at radius 1 is 1.10 bits per heavy atom. The summed E-state index contributed by atoms with van der Waals surface area (Å²) in [6.07, 6.45) is 0.906. The lowest BCUT2D eigenvalue weighted by Gasteiger charge is -2.26. The highest BCUT2D eigenvalue weighted by Gasteiger charge is 2.24. The minimum Gasteiger partial charge on any atom is -0.356 e. The fraction of sp³-hybridized carbons (Fsp3) is 0.364. The van der Waals surface area contributed by atoms with Gasteiger partial charge in [-0.25, -0.2) is 8.42 Å². The number of sulfone groups is 1. The molecule has 30 heavy (non-hydrogen) atoms. The first-order valence-electron chi connectivity index (χ1n) is 10.0. The van der Waals surface area contributed by atoms with Crippen molar-refractivity contribution in [3.63, 3.8) is 0 Å². The molecule has 0 bridgehead atoms. The van der Waals surface area contributed by atoms with Crippen LogP contribution in [0.25, 0.3) is 0 Å². The van der Waals surface area contributed by atoms with E-state index in [1.54, 1.807) is 7.05 Å². The van der Waals surface area contributed by atoms with Crippen LogP contribution in [-0.4, -0.2) is 46.2 Å². The van der Waals surface area contributed by atoms with E-state index in [4.69, 9.17) is 0 Å². The molecule has 0 fully saturated rings. The fourth-order valence-corrected chi connectivity index (χ4v) is 4.95. The smallest absolute Gasteiger partial charge is 0.225 e. The number of hydrogen-bond acceptors (Lipinski definition) is 4. The minimum absolute atomic E-state index is 0.00655. The van der Waals surface area contributed by atoms with Crippen molar-refractivity contribution in [3.8, 4) is 0 Å². The van der Waals surface area contributed by atoms with Crippen LogP contribution in [0.1, 0.15) is 29.9 Å². The molecule has 0 saturated heterocycles. The van der Waals surface area contributed by atoms with Gasteiger partial charge >= 0.3 is 0 Å². The third-order valence-electron chi connectivity index (χ3n) is 5.00. The van der Waals surface area contributed by atoms with Gasteiger partial charge in [0.25, 0.3) is 0 Å². The van der Waals surface area contributed by atoms with Crippen molar-refractivity contribution in [2.75, 3.05) is 31.2 Å². The van der Waals surface area contributed by atoms with E-state index < -0.39 is 9.84 Å². The van der Waals surface area contributed by atoms with Crippen molar-refractivity contribution in [2.24, 2.45) is 4.99 Å². The third-order valence-corrected chi connectivity index (χ3v) is 6.68. The fourth-order valence-electron chi connectivity index (χ4n) is 3.52. The standard InChI is InChI=1S/C22H28N4O3S/c1-23-22(24-12-7-13-30(28,29)16-17-8-3-2-4-9-17)25-15-18-14-21(27)26-20-11-6-5-10-19(18)20/h2-6,8-11,18H,7,12-16H2,1H3,(H,26,27)(H2,23,24,25). The third kappa shape index (κ3) is 6.32. The van der Waals surface area contributed by atoms with Crippen molar-refractivity contribution >= 4 is 27.4 Å². The van der Waals surface area contributed by atoms with Crippen LogP contribution in [0.4, 0.5) is 5.69 Å². The molecule has 1 atom stereocenters. The van der Waals surface area contributed by atoms with E-state index in [9.17, 15) is 13.2 Å². The number of guanidine groups is 1. The Hall–Kier alpha value is -2.87. The number of aliphatic imine (C=N–C) groups is 1. The van der Waals surface area contributed by atoms with Gasteiger partial charge in [-0.05, 0) is 23.6 Å². The number of anilines is 1. The quantitative estimate of drug-likeness (QED) is 0.340. The normalized spacial score (nSPS) is 16.5. The summed E-state index contributed by atoms with van der Waals surface area (Å²) in [6, 6.07) is 17.0. The maximum Gasteiger partial charge on any atom is 0.225 e. The largest absolute Gasteiger partial charge is 0.356 e. The number of nitrogens with one attached hydrogen (secondary N) is 3. The van der Waals surface area contributed by atoms with E-state index in [0.29, 0.717) is 31.9 Å². The predicted molar refractivity (Wildman–Crippen MR) is 120 cm³/mol. The molecule has 0 radical (unpaired) electrons. The minimum atomic E-state index is -3.15. The van der Waals surface area contributed by atoms with Crippen LogP contribution in [0.3, 0.4) is 0 Å². The summed E-state index contributed by atoms with van der Waals surface area (Å²) in [5.74, 6) is 0.831. The summed E-state index contributed by atoms with van der Waals surface area (Å²) in [5, 5.41) is 9.30. The van der Waals surface area contributed by atoms with Gasteiger partial charge in [0.1, 0.15) is 0 Å². The molecule has 3 N–H and O–H groups in total. The van der Waals surface area contributed by atoms with Crippen LogP contribution in [0.5, 0.6) is 0 Å². The number of nitrogens with zero attached hydrogens (tertiary/aromatic N) is 1. The van der Waals surface area contributed by atoms with Crippen LogP contribution in [0, 0.1) is 0 Å². The van der Waals surface area contributed by atoms with Crippen molar-refractivity contribution in [1.29, 1.82) is 0 Å². The molecule has 1 aliphatic rings. The second-order valence-electron chi connectivity index (χ2n) is 7.35. The molecule has 1 unspecified atom stereocenters. The Labute approximate surface area is 177 Å². The molecule has 0 aliphatic carbocycles. The Bertz CT molecular complexity index is 990. The van der Waals surface area contributed by atoms with Gasteiger partial charge in [-0.2, -0.15) is 0 Å². The van der Waals surface area contributed by atoms with E-state index in [1.165, 1.54) is 0 Å². The number of benzene rings is 2. The van der Waals surface area contributed by atoms with E-state index in [0.717, 1.165) is 16.8 Å². The van der Waals surface area contributed by atoms with Crippen molar-refractivity contribution < 1.29 is 13.2 Å².